The van der Waals surface area contributed by atoms with Crippen molar-refractivity contribution in [3.05, 3.63) is 60.0 Å². The maximum absolute atomic E-state index is 13.1. The van der Waals surface area contributed by atoms with E-state index in [-0.39, 0.29) is 29.0 Å². The van der Waals surface area contributed by atoms with Crippen molar-refractivity contribution in [3.8, 4) is 0 Å². The molecular weight excluding hydrogens is 522 g/mol. The van der Waals surface area contributed by atoms with Crippen molar-refractivity contribution in [3.63, 3.8) is 0 Å². The minimum Gasteiger partial charge on any atom is -0.477 e. The molecule has 0 aromatic carbocycles. The monoisotopic (exact) mass is 544 g/mol. The highest BCUT2D eigenvalue weighted by Gasteiger charge is 2.54. The molecule has 4 heterocycles. The van der Waals surface area contributed by atoms with E-state index in [1.807, 2.05) is 35.2 Å². The van der Waals surface area contributed by atoms with Crippen molar-refractivity contribution in [1.82, 2.24) is 20.2 Å². The Labute approximate surface area is 219 Å². The molecule has 15 heteroatoms. The Balaban J connectivity index is 1.54. The van der Waals surface area contributed by atoms with E-state index in [2.05, 4.69) is 25.8 Å². The topological polar surface area (TPSA) is 167 Å². The predicted octanol–water partition coefficient (Wildman–Crippen LogP) is -0.188. The molecule has 0 saturated carbocycles. The molecule has 0 bridgehead atoms. The van der Waals surface area contributed by atoms with Gasteiger partial charge in [-0.15, -0.1) is 23.5 Å². The van der Waals surface area contributed by atoms with Crippen LogP contribution in [-0.2, 0) is 30.6 Å². The number of carbonyl (C=O) groups excluding carboxylic acids is 3. The number of thioether (sulfide) groups is 2. The molecule has 4 rings (SSSR count). The highest BCUT2D eigenvalue weighted by molar-refractivity contribution is 8.00. The van der Waals surface area contributed by atoms with Gasteiger partial charge in [-0.3, -0.25) is 19.3 Å². The van der Waals surface area contributed by atoms with Crippen molar-refractivity contribution in [2.45, 2.75) is 18.0 Å². The lowest BCUT2D eigenvalue weighted by atomic mass is 10.0. The third-order valence-electron chi connectivity index (χ3n) is 5.30. The first-order valence-electron chi connectivity index (χ1n) is 10.8. The first-order chi connectivity index (χ1) is 17.9. The number of aliphatic carboxylic acids is 1. The zero-order valence-electron chi connectivity index (χ0n) is 19.4. The molecule has 2 aliphatic heterocycles. The van der Waals surface area contributed by atoms with Gasteiger partial charge in [-0.25, -0.2) is 19.3 Å². The number of β-lactam (4-membered cyclic amide) rings is 1. The molecule has 0 radical (unpaired) electrons. The number of carboxylic acid groups (broad SMARTS) is 1. The Morgan fingerprint density at radius 1 is 1.38 bits per heavy atom. The van der Waals surface area contributed by atoms with Crippen LogP contribution in [-0.4, -0.2) is 79.2 Å². The Morgan fingerprint density at radius 3 is 2.86 bits per heavy atom. The number of hydrogen-bond acceptors (Lipinski definition) is 10. The lowest BCUT2D eigenvalue weighted by molar-refractivity contribution is -0.689. The molecule has 1 unspecified atom stereocenters. The van der Waals surface area contributed by atoms with Crippen LogP contribution in [0.15, 0.2) is 59.3 Å². The summed E-state index contributed by atoms with van der Waals surface area (Å²) >= 11 is 2.68. The van der Waals surface area contributed by atoms with Crippen molar-refractivity contribution in [2.24, 2.45) is 5.16 Å². The molecule has 3 N–H and O–H groups in total. The molecule has 2 atom stereocenters. The van der Waals surface area contributed by atoms with E-state index in [1.54, 1.807) is 6.26 Å². The fourth-order valence-corrected chi connectivity index (χ4v) is 5.21. The molecule has 0 aliphatic carbocycles. The summed E-state index contributed by atoms with van der Waals surface area (Å²) in [4.78, 5) is 63.5. The van der Waals surface area contributed by atoms with Crippen LogP contribution in [0.2, 0.25) is 0 Å². The summed E-state index contributed by atoms with van der Waals surface area (Å²) in [7, 11) is 0. The van der Waals surface area contributed by atoms with Gasteiger partial charge in [0, 0.05) is 29.7 Å². The van der Waals surface area contributed by atoms with Crippen LogP contribution in [0.5, 0.6) is 0 Å². The number of fused-ring (bicyclic) bond motifs is 1. The minimum atomic E-state index is -1.21. The lowest BCUT2D eigenvalue weighted by Crippen LogP contribution is -2.71. The van der Waals surface area contributed by atoms with Gasteiger partial charge in [0.15, 0.2) is 30.7 Å². The summed E-state index contributed by atoms with van der Waals surface area (Å²) < 4.78 is 1.83. The molecule has 13 nitrogen and oxygen atoms in total. The fraction of sp³-hybridized carbons (Fsp3) is 0.273. The van der Waals surface area contributed by atoms with Crippen LogP contribution in [0.4, 0.5) is 5.82 Å². The van der Waals surface area contributed by atoms with Gasteiger partial charge in [0.2, 0.25) is 12.1 Å². The van der Waals surface area contributed by atoms with Crippen molar-refractivity contribution in [1.29, 1.82) is 0 Å². The molecule has 2 aromatic heterocycles. The van der Waals surface area contributed by atoms with Gasteiger partial charge in [0.25, 0.3) is 11.8 Å². The number of pyridine rings is 1. The summed E-state index contributed by atoms with van der Waals surface area (Å²) in [6.07, 6.45) is 7.15. The van der Waals surface area contributed by atoms with E-state index in [0.29, 0.717) is 24.3 Å². The number of amides is 3. The Kier molecular flexibility index (Phi) is 8.35. The van der Waals surface area contributed by atoms with E-state index in [9.17, 15) is 24.3 Å². The van der Waals surface area contributed by atoms with Crippen LogP contribution in [0, 0.1) is 0 Å². The molecule has 37 heavy (non-hydrogen) atoms. The number of nitrogens with zero attached hydrogens (tertiary/aromatic N) is 5. The Morgan fingerprint density at radius 2 is 2.16 bits per heavy atom. The summed E-state index contributed by atoms with van der Waals surface area (Å²) in [5.41, 5.74) is 0.207. The highest BCUT2D eigenvalue weighted by atomic mass is 32.2. The van der Waals surface area contributed by atoms with Crippen LogP contribution in [0.25, 0.3) is 0 Å². The molecule has 3 amide bonds. The Bertz CT molecular complexity index is 1270. The van der Waals surface area contributed by atoms with Crippen LogP contribution in [0.3, 0.4) is 0 Å². The van der Waals surface area contributed by atoms with Gasteiger partial charge in [0.1, 0.15) is 22.9 Å². The Hall–Kier alpha value is -3.98. The normalized spacial score (nSPS) is 19.0. The lowest BCUT2D eigenvalue weighted by Gasteiger charge is -2.49. The average molecular weight is 545 g/mol. The summed E-state index contributed by atoms with van der Waals surface area (Å²) in [6.45, 7) is 0.315. The maximum atomic E-state index is 13.1. The van der Waals surface area contributed by atoms with Gasteiger partial charge in [-0.2, -0.15) is 0 Å². The molecular formula is C22H22N7O6S2+. The van der Waals surface area contributed by atoms with E-state index in [0.717, 1.165) is 0 Å². The number of nitrogens with one attached hydrogen (secondary N) is 2. The zero-order valence-corrected chi connectivity index (χ0v) is 21.1. The highest BCUT2D eigenvalue weighted by Crippen LogP contribution is 2.40. The third-order valence-corrected chi connectivity index (χ3v) is 6.98. The van der Waals surface area contributed by atoms with Crippen molar-refractivity contribution >= 4 is 59.2 Å². The maximum Gasteiger partial charge on any atom is 0.352 e. The molecule has 1 fully saturated rings. The summed E-state index contributed by atoms with van der Waals surface area (Å²) in [5.74, 6) is -2.03. The fourth-order valence-electron chi connectivity index (χ4n) is 3.72. The van der Waals surface area contributed by atoms with E-state index in [4.69, 9.17) is 4.84 Å². The van der Waals surface area contributed by atoms with Crippen LogP contribution < -0.4 is 15.2 Å². The smallest absolute Gasteiger partial charge is 0.352 e. The first kappa shape index (κ1) is 26.1. The number of rotatable bonds is 11. The number of oxime groups is 1. The largest absolute Gasteiger partial charge is 0.477 e. The number of aromatic nitrogens is 3. The second kappa shape index (κ2) is 11.8. The van der Waals surface area contributed by atoms with Crippen LogP contribution in [0.1, 0.15) is 5.82 Å². The minimum absolute atomic E-state index is 0.0798. The van der Waals surface area contributed by atoms with Gasteiger partial charge < -0.3 is 20.6 Å². The van der Waals surface area contributed by atoms with Crippen LogP contribution >= 0.6 is 23.5 Å². The van der Waals surface area contributed by atoms with Crippen molar-refractivity contribution < 1.29 is 33.7 Å². The summed E-state index contributed by atoms with van der Waals surface area (Å²) in [5, 5.41) is 18.1. The van der Waals surface area contributed by atoms with Gasteiger partial charge >= 0.3 is 5.97 Å². The SMILES string of the molecule is CSCON=C(C(=O)NC1C(=O)N2C(C(=O)O)=C(C[n+]3ccccc3)CS[C@H]12)c1nccc(NC=O)n1. The zero-order chi connectivity index (χ0) is 26.4. The molecule has 2 aromatic rings. The quantitative estimate of drug-likeness (QED) is 0.0656. The second-order valence-electron chi connectivity index (χ2n) is 7.67. The third kappa shape index (κ3) is 5.72. The van der Waals surface area contributed by atoms with E-state index in [1.165, 1.54) is 40.7 Å². The predicted molar refractivity (Wildman–Crippen MR) is 134 cm³/mol. The van der Waals surface area contributed by atoms with Gasteiger partial charge in [-0.05, 0) is 12.3 Å². The number of carbonyl (C=O) groups is 4. The standard InChI is InChI=1S/C22H21N7O6S2/c1-36-12-35-27-15(18-23-6-5-14(25-18)24-11-30)19(31)26-16-20(32)29-17(22(33)34)13(10-37-21(16)29)9-28-7-3-2-4-8-28/h2-8,11,16,21H,9-10,12H2,1H3,(H2-,23,24,25,26,30,31,33,34)/p+1/t16?,21-/m1/s1. The molecule has 2 aliphatic rings. The number of carboxylic acids is 1. The molecule has 0 spiro atoms. The van der Waals surface area contributed by atoms with E-state index >= 15 is 0 Å². The second-order valence-corrected chi connectivity index (χ2v) is 9.59. The average Bonchev–Trinajstić information content (AvgIpc) is 2.90. The number of anilines is 1. The molecule has 192 valence electrons. The molecule has 1 saturated heterocycles. The summed E-state index contributed by atoms with van der Waals surface area (Å²) in [6, 6.07) is 5.95. The number of hydrogen-bond donors (Lipinski definition) is 3. The van der Waals surface area contributed by atoms with Gasteiger partial charge in [-0.1, -0.05) is 11.2 Å². The van der Waals surface area contributed by atoms with Crippen molar-refractivity contribution in [2.75, 3.05) is 23.3 Å². The first-order valence-corrected chi connectivity index (χ1v) is 13.3. The van der Waals surface area contributed by atoms with E-state index < -0.39 is 29.2 Å². The van der Waals surface area contributed by atoms with Gasteiger partial charge in [0.05, 0.1) is 0 Å².